The number of nitrogens with zero attached hydrogens (tertiary/aromatic N) is 2. The summed E-state index contributed by atoms with van der Waals surface area (Å²) in [7, 11) is 15.5. The summed E-state index contributed by atoms with van der Waals surface area (Å²) in [5.41, 5.74) is 0. The smallest absolute Gasteiger partial charge is 0.308 e. The Hall–Kier alpha value is -4.46. The zero-order valence-electron chi connectivity index (χ0n) is 68.7. The van der Waals surface area contributed by atoms with Gasteiger partial charge in [-0.3, -0.25) is 28.8 Å². The predicted molar refractivity (Wildman–Crippen MR) is 408 cm³/mol. The van der Waals surface area contributed by atoms with E-state index < -0.39 is 170 Å². The summed E-state index contributed by atoms with van der Waals surface area (Å²) < 4.78 is 73.4. The molecule has 3 aliphatic heterocycles. The summed E-state index contributed by atoms with van der Waals surface area (Å²) in [4.78, 5) is 81.3. The number of amides is 2. The molecule has 3 aliphatic rings. The van der Waals surface area contributed by atoms with Gasteiger partial charge in [0.05, 0.1) is 123 Å². The van der Waals surface area contributed by atoms with E-state index in [1.807, 2.05) is 106 Å². The minimum atomic E-state index is -1.23. The van der Waals surface area contributed by atoms with E-state index in [4.69, 9.17) is 56.8 Å². The second-order valence-electron chi connectivity index (χ2n) is 31.5. The first-order valence-electron chi connectivity index (χ1n) is 39.3. The van der Waals surface area contributed by atoms with Crippen LogP contribution >= 0.6 is 0 Å². The fourth-order valence-electron chi connectivity index (χ4n) is 16.1. The minimum absolute atomic E-state index is 0.0287. The van der Waals surface area contributed by atoms with Crippen molar-refractivity contribution in [1.29, 1.82) is 0 Å². The Balaban J connectivity index is 1.98. The SMILES string of the molecule is COC1CC(O)CC(=O)OC(C(C)C(OC)C(C)CCC(=O)C(C)C(OC)C(C)/C=C/N(C)C=O)CC(O)CC(O)C(C)C(OC)CC2CC=CC(CC(OC)CC(O)CC(=O)OC(C(C)C(OC)C(C)CCC(=O)C(C)C(OC)C(C)/C=C/N(C)C=O)CC(O)CC(O)C(C)C(OC)CC3CC=CC(C1)O3)O2. The van der Waals surface area contributed by atoms with Gasteiger partial charge in [-0.1, -0.05) is 106 Å². The van der Waals surface area contributed by atoms with Crippen LogP contribution in [0.4, 0.5) is 0 Å². The van der Waals surface area contributed by atoms with Gasteiger partial charge in [-0.15, -0.1) is 0 Å². The summed E-state index contributed by atoms with van der Waals surface area (Å²) in [6.45, 7) is 18.7. The second kappa shape index (κ2) is 51.3. The lowest BCUT2D eigenvalue weighted by Crippen LogP contribution is -2.42. The van der Waals surface area contributed by atoms with Crippen LogP contribution in [0.25, 0.3) is 0 Å². The van der Waals surface area contributed by atoms with E-state index in [-0.39, 0.29) is 98.8 Å². The number of cyclic esters (lactones) is 2. The van der Waals surface area contributed by atoms with Crippen LogP contribution in [0.1, 0.15) is 185 Å². The highest BCUT2D eigenvalue weighted by molar-refractivity contribution is 5.81. The maximum Gasteiger partial charge on any atom is 0.308 e. The van der Waals surface area contributed by atoms with Gasteiger partial charge in [0.1, 0.15) is 23.8 Å². The molecule has 0 aromatic heterocycles. The quantitative estimate of drug-likeness (QED) is 0.0209. The number of ether oxygens (including phenoxy) is 12. The van der Waals surface area contributed by atoms with Crippen molar-refractivity contribution in [3.8, 4) is 0 Å². The molecule has 3 heterocycles. The second-order valence-corrected chi connectivity index (χ2v) is 31.5. The molecule has 1 saturated heterocycles. The van der Waals surface area contributed by atoms with Gasteiger partial charge in [-0.2, -0.15) is 0 Å². The molecule has 0 aliphatic carbocycles. The third-order valence-electron chi connectivity index (χ3n) is 23.1. The molecule has 3 rings (SSSR count). The summed E-state index contributed by atoms with van der Waals surface area (Å²) in [5, 5.41) is 71.0. The van der Waals surface area contributed by atoms with Crippen LogP contribution in [0.2, 0.25) is 0 Å². The monoisotopic (exact) mass is 1540 g/mol. The summed E-state index contributed by atoms with van der Waals surface area (Å²) in [6.07, 6.45) is 3.30. The van der Waals surface area contributed by atoms with Crippen molar-refractivity contribution in [3.05, 3.63) is 48.9 Å². The fourth-order valence-corrected chi connectivity index (χ4v) is 16.1. The molecule has 26 nitrogen and oxygen atoms in total. The molecule has 26 heteroatoms. The highest BCUT2D eigenvalue weighted by Gasteiger charge is 2.41. The van der Waals surface area contributed by atoms with Crippen molar-refractivity contribution in [3.63, 3.8) is 0 Å². The first kappa shape index (κ1) is 97.7. The van der Waals surface area contributed by atoms with Gasteiger partial charge in [0.25, 0.3) is 0 Å². The number of fused-ring (bicyclic) bond motifs is 4. The molecule has 0 spiro atoms. The van der Waals surface area contributed by atoms with Crippen LogP contribution in [0.5, 0.6) is 0 Å². The molecule has 0 radical (unpaired) electrons. The molecule has 108 heavy (non-hydrogen) atoms. The minimum Gasteiger partial charge on any atom is -0.462 e. The van der Waals surface area contributed by atoms with Crippen LogP contribution in [-0.4, -0.2) is 270 Å². The normalized spacial score (nSPS) is 32.7. The highest BCUT2D eigenvalue weighted by Crippen LogP contribution is 2.36. The summed E-state index contributed by atoms with van der Waals surface area (Å²) >= 11 is 0. The number of esters is 2. The number of hydrogen-bond acceptors (Lipinski definition) is 24. The number of rotatable bonds is 32. The lowest BCUT2D eigenvalue weighted by atomic mass is 9.82. The number of hydrogen-bond donors (Lipinski definition) is 6. The molecular weight excluding hydrogens is 1400 g/mol. The van der Waals surface area contributed by atoms with Crippen LogP contribution in [0, 0.1) is 59.2 Å². The van der Waals surface area contributed by atoms with E-state index in [2.05, 4.69) is 0 Å². The lowest BCUT2D eigenvalue weighted by molar-refractivity contribution is -0.162. The van der Waals surface area contributed by atoms with Crippen LogP contribution in [0.15, 0.2) is 48.9 Å². The van der Waals surface area contributed by atoms with Crippen LogP contribution in [0.3, 0.4) is 0 Å². The topological polar surface area (TPSA) is 341 Å². The van der Waals surface area contributed by atoms with E-state index in [9.17, 15) is 59.4 Å². The van der Waals surface area contributed by atoms with E-state index in [0.29, 0.717) is 64.2 Å². The Bertz CT molecular complexity index is 2510. The molecule has 1 fully saturated rings. The van der Waals surface area contributed by atoms with Gasteiger partial charge >= 0.3 is 11.9 Å². The van der Waals surface area contributed by atoms with Gasteiger partial charge in [-0.05, 0) is 50.4 Å². The molecule has 624 valence electrons. The first-order valence-corrected chi connectivity index (χ1v) is 39.3. The summed E-state index contributed by atoms with van der Waals surface area (Å²) in [6, 6.07) is 0. The maximum atomic E-state index is 14.2. The number of aliphatic hydroxyl groups excluding tert-OH is 6. The number of Topliss-reactive ketones (excluding diaryl/α,β-unsaturated/α-hetero) is 2. The Kier molecular flexibility index (Phi) is 46.4. The first-order chi connectivity index (χ1) is 51.2. The number of ketones is 2. The maximum absolute atomic E-state index is 14.2. The van der Waals surface area contributed by atoms with Gasteiger partial charge < -0.3 is 97.3 Å². The summed E-state index contributed by atoms with van der Waals surface area (Å²) in [5.74, 6) is -5.63. The molecule has 30 atom stereocenters. The van der Waals surface area contributed by atoms with Gasteiger partial charge in [-0.25, -0.2) is 0 Å². The van der Waals surface area contributed by atoms with Gasteiger partial charge in [0, 0.05) is 195 Å². The molecule has 4 bridgehead atoms. The Morgan fingerprint density at radius 2 is 0.824 bits per heavy atom. The predicted octanol–water partition coefficient (Wildman–Crippen LogP) is 8.48. The highest BCUT2D eigenvalue weighted by atomic mass is 16.6. The van der Waals surface area contributed by atoms with E-state index in [1.54, 1.807) is 69.2 Å². The van der Waals surface area contributed by atoms with Crippen molar-refractivity contribution in [2.45, 2.75) is 307 Å². The van der Waals surface area contributed by atoms with Crippen molar-refractivity contribution in [1.82, 2.24) is 9.80 Å². The zero-order chi connectivity index (χ0) is 81.1. The molecule has 6 N–H and O–H groups in total. The van der Waals surface area contributed by atoms with Gasteiger partial charge in [0.15, 0.2) is 0 Å². The Morgan fingerprint density at radius 3 is 1.13 bits per heavy atom. The lowest BCUT2D eigenvalue weighted by Gasteiger charge is -2.36. The van der Waals surface area contributed by atoms with Gasteiger partial charge in [0.2, 0.25) is 12.8 Å². The third kappa shape index (κ3) is 33.3. The van der Waals surface area contributed by atoms with E-state index in [1.165, 1.54) is 24.0 Å². The van der Waals surface area contributed by atoms with Crippen molar-refractivity contribution >= 4 is 36.3 Å². The molecule has 0 saturated carbocycles. The number of aliphatic hydroxyl groups is 6. The van der Waals surface area contributed by atoms with E-state index >= 15 is 0 Å². The van der Waals surface area contributed by atoms with Crippen molar-refractivity contribution < 1.29 is 116 Å². The zero-order valence-corrected chi connectivity index (χ0v) is 68.7. The number of carbonyl (C=O) groups is 6. The van der Waals surface area contributed by atoms with Crippen LogP contribution in [-0.2, 0) is 85.6 Å². The fraction of sp³-hybridized carbons (Fsp3) is 0.829. The van der Waals surface area contributed by atoms with Crippen LogP contribution < -0.4 is 0 Å². The van der Waals surface area contributed by atoms with Crippen molar-refractivity contribution in [2.75, 3.05) is 71.0 Å². The molecule has 0 aromatic rings. The third-order valence-corrected chi connectivity index (χ3v) is 23.1. The number of methoxy groups -OCH3 is 8. The van der Waals surface area contributed by atoms with Crippen molar-refractivity contribution in [2.24, 2.45) is 59.2 Å². The molecule has 2 amide bonds. The Labute approximate surface area is 645 Å². The van der Waals surface area contributed by atoms with E-state index in [0.717, 1.165) is 0 Å². The average molecular weight is 1540 g/mol. The molecular formula is C82H142N2O24. The Morgan fingerprint density at radius 1 is 0.481 bits per heavy atom. The largest absolute Gasteiger partial charge is 0.462 e. The molecule has 30 unspecified atom stereocenters. The number of carbonyl (C=O) groups excluding carboxylic acids is 6. The molecule has 0 aromatic carbocycles. The average Bonchev–Trinajstić information content (AvgIpc) is 0.854. The standard InChI is InChI=1S/C82H142N2O24/c1-49(27-29-69(91)55(7)79(101-17)51(3)31-33-83(11)47-85)81(103-19)57(9)75-39-61(89)37-71(93)53(5)73(99-15)45-65-25-22-24-64(106-65)44-68(98-14)36-60(88)42-78(96)108-76(58(10)82(104-20)50(2)28-30-70(92)56(8)80(102-18)52(4)32-34-84(12)48-86)40-62(90)38-72(94)54(6)74(100-16)46-66-26-21-23-63(105-66)43-67(97-13)35-59(87)41-77(95)107-75/h21-24,31-34,47-68,71-76,79-82,87-90,93-94H,25-30,35-46H2,1-20H3/b33-31+,34-32+.